The van der Waals surface area contributed by atoms with Gasteiger partial charge in [-0.05, 0) is 42.0 Å². The van der Waals surface area contributed by atoms with Crippen LogP contribution >= 0.6 is 0 Å². The predicted octanol–water partition coefficient (Wildman–Crippen LogP) is 6.61. The van der Waals surface area contributed by atoms with Gasteiger partial charge in [0.1, 0.15) is 0 Å². The first kappa shape index (κ1) is 33.6. The highest BCUT2D eigenvalue weighted by Gasteiger charge is 2.51. The Morgan fingerprint density at radius 2 is 0.750 bits per heavy atom. The summed E-state index contributed by atoms with van der Waals surface area (Å²) in [4.78, 5) is 0. The zero-order valence-corrected chi connectivity index (χ0v) is 29.2. The summed E-state index contributed by atoms with van der Waals surface area (Å²) in [6.07, 6.45) is -0.966. The molecule has 0 aromatic heterocycles. The molecule has 0 heterocycles. The van der Waals surface area contributed by atoms with E-state index in [-0.39, 0.29) is 23.3 Å². The molecule has 0 spiro atoms. The van der Waals surface area contributed by atoms with Gasteiger partial charge in [0.25, 0.3) is 16.6 Å². The van der Waals surface area contributed by atoms with E-state index in [1.165, 1.54) is 20.7 Å². The van der Waals surface area contributed by atoms with Crippen LogP contribution in [-0.4, -0.2) is 41.1 Å². The van der Waals surface area contributed by atoms with Crippen LogP contribution in [0.4, 0.5) is 0 Å². The molecule has 0 saturated carbocycles. The van der Waals surface area contributed by atoms with Crippen molar-refractivity contribution in [2.24, 2.45) is 0 Å². The first-order valence-electron chi connectivity index (χ1n) is 15.4. The molecule has 0 radical (unpaired) electrons. The number of benzene rings is 4. The average molecular weight is 621 g/mol. The van der Waals surface area contributed by atoms with Crippen molar-refractivity contribution in [3.8, 4) is 0 Å². The van der Waals surface area contributed by atoms with Crippen molar-refractivity contribution in [3.05, 3.63) is 146 Å². The topological polar surface area (TPSA) is 38.7 Å². The van der Waals surface area contributed by atoms with E-state index >= 15 is 0 Å². The number of aliphatic hydroxyl groups is 1. The molecule has 0 aliphatic heterocycles. The first-order chi connectivity index (χ1) is 20.8. The summed E-state index contributed by atoms with van der Waals surface area (Å²) in [6.45, 7) is 22.5. The molecular formula is C39H48O3Si2. The maximum absolute atomic E-state index is 11.5. The third kappa shape index (κ3) is 6.68. The Morgan fingerprint density at radius 3 is 0.955 bits per heavy atom. The van der Waals surface area contributed by atoms with E-state index in [0.717, 1.165) is 0 Å². The van der Waals surface area contributed by atoms with Crippen LogP contribution < -0.4 is 20.7 Å². The number of rotatable bonds is 12. The van der Waals surface area contributed by atoms with Gasteiger partial charge in [-0.2, -0.15) is 0 Å². The van der Waals surface area contributed by atoms with E-state index in [1.54, 1.807) is 0 Å². The summed E-state index contributed by atoms with van der Waals surface area (Å²) in [7, 11) is -5.56. The predicted molar refractivity (Wildman–Crippen MR) is 191 cm³/mol. The summed E-state index contributed by atoms with van der Waals surface area (Å²) < 4.78 is 14.1. The molecule has 44 heavy (non-hydrogen) atoms. The molecule has 0 amide bonds. The van der Waals surface area contributed by atoms with Gasteiger partial charge in [-0.1, -0.05) is 176 Å². The van der Waals surface area contributed by atoms with Crippen LogP contribution in [-0.2, 0) is 8.85 Å². The monoisotopic (exact) mass is 620 g/mol. The molecule has 0 saturated heterocycles. The van der Waals surface area contributed by atoms with E-state index in [1.807, 2.05) is 24.3 Å². The lowest BCUT2D eigenvalue weighted by Crippen LogP contribution is -2.67. The normalized spacial score (nSPS) is 12.7. The highest BCUT2D eigenvalue weighted by Crippen LogP contribution is 2.38. The quantitative estimate of drug-likeness (QED) is 0.143. The maximum Gasteiger partial charge on any atom is 0.261 e. The summed E-state index contributed by atoms with van der Waals surface area (Å²) >= 11 is 0. The molecule has 0 fully saturated rings. The Morgan fingerprint density at radius 1 is 0.523 bits per heavy atom. The van der Waals surface area contributed by atoms with Gasteiger partial charge >= 0.3 is 0 Å². The van der Waals surface area contributed by atoms with Gasteiger partial charge in [0.05, 0.1) is 19.3 Å². The van der Waals surface area contributed by atoms with Gasteiger partial charge in [0.2, 0.25) is 0 Å². The van der Waals surface area contributed by atoms with Crippen molar-refractivity contribution in [3.63, 3.8) is 0 Å². The Balaban J connectivity index is 1.60. The molecule has 0 aliphatic rings. The summed E-state index contributed by atoms with van der Waals surface area (Å²) in [6, 6.07) is 42.1. The second-order valence-electron chi connectivity index (χ2n) is 13.6. The minimum absolute atomic E-state index is 0.176. The Kier molecular flexibility index (Phi) is 10.5. The zero-order chi connectivity index (χ0) is 32.0. The SMILES string of the molecule is C=C(CO[Si](c1ccccc1)(c1ccccc1)C(C)(C)C)C(O)C(=C)CO[Si](c1ccccc1)(c1ccccc1)C(C)(C)C. The van der Waals surface area contributed by atoms with Crippen LogP contribution in [0.1, 0.15) is 41.5 Å². The van der Waals surface area contributed by atoms with Crippen LogP contribution in [0.2, 0.25) is 10.1 Å². The fourth-order valence-electron chi connectivity index (χ4n) is 6.37. The Bertz CT molecular complexity index is 1310. The third-order valence-electron chi connectivity index (χ3n) is 8.56. The molecule has 4 aromatic carbocycles. The molecular weight excluding hydrogens is 573 g/mol. The maximum atomic E-state index is 11.5. The van der Waals surface area contributed by atoms with Crippen LogP contribution in [0.3, 0.4) is 0 Å². The molecule has 1 N–H and O–H groups in total. The summed E-state index contributed by atoms with van der Waals surface area (Å²) in [5.41, 5.74) is 1.16. The van der Waals surface area contributed by atoms with Gasteiger partial charge in [0.15, 0.2) is 0 Å². The molecule has 0 bridgehead atoms. The van der Waals surface area contributed by atoms with E-state index in [9.17, 15) is 5.11 Å². The van der Waals surface area contributed by atoms with Gasteiger partial charge in [-0.15, -0.1) is 0 Å². The average Bonchev–Trinajstić information content (AvgIpc) is 3.02. The largest absolute Gasteiger partial charge is 0.403 e. The zero-order valence-electron chi connectivity index (χ0n) is 27.2. The molecule has 3 nitrogen and oxygen atoms in total. The summed E-state index contributed by atoms with van der Waals surface area (Å²) in [5.74, 6) is 0. The van der Waals surface area contributed by atoms with Crippen molar-refractivity contribution < 1.29 is 14.0 Å². The van der Waals surface area contributed by atoms with Crippen molar-refractivity contribution in [2.75, 3.05) is 13.2 Å². The highest BCUT2D eigenvalue weighted by molar-refractivity contribution is 7.00. The number of aliphatic hydroxyl groups excluding tert-OH is 1. The smallest absolute Gasteiger partial charge is 0.261 e. The lowest BCUT2D eigenvalue weighted by molar-refractivity contribution is 0.201. The first-order valence-corrected chi connectivity index (χ1v) is 19.2. The van der Waals surface area contributed by atoms with Gasteiger partial charge in [0, 0.05) is 0 Å². The molecule has 4 aromatic rings. The fourth-order valence-corrected chi connectivity index (χ4v) is 15.5. The van der Waals surface area contributed by atoms with Crippen molar-refractivity contribution >= 4 is 37.4 Å². The van der Waals surface area contributed by atoms with Crippen LogP contribution in [0.5, 0.6) is 0 Å². The highest BCUT2D eigenvalue weighted by atomic mass is 28.4. The standard InChI is InChI=1S/C39H48O3Si2/c1-31(29-41-43(38(3,4)5,33-21-13-9-14-22-33)34-23-15-10-16-24-34)37(40)32(2)30-42-44(39(6,7)8,35-25-17-11-18-26-35)36-27-19-12-20-28-36/h9-28,37,40H,1-2,29-30H2,3-8H3. The van der Waals surface area contributed by atoms with Crippen molar-refractivity contribution in [1.29, 1.82) is 0 Å². The molecule has 0 aliphatic carbocycles. The molecule has 5 heteroatoms. The lowest BCUT2D eigenvalue weighted by atomic mass is 10.1. The van der Waals surface area contributed by atoms with Gasteiger partial charge in [-0.25, -0.2) is 0 Å². The molecule has 0 atom stereocenters. The second-order valence-corrected chi connectivity index (χ2v) is 22.2. The Labute approximate surface area is 267 Å². The van der Waals surface area contributed by atoms with Crippen molar-refractivity contribution in [2.45, 2.75) is 57.7 Å². The van der Waals surface area contributed by atoms with E-state index < -0.39 is 22.7 Å². The van der Waals surface area contributed by atoms with E-state index in [4.69, 9.17) is 8.85 Å². The van der Waals surface area contributed by atoms with E-state index in [2.05, 4.69) is 152 Å². The second kappa shape index (κ2) is 13.8. The van der Waals surface area contributed by atoms with Crippen LogP contribution in [0.25, 0.3) is 0 Å². The van der Waals surface area contributed by atoms with Crippen LogP contribution in [0, 0.1) is 0 Å². The molecule has 4 rings (SSSR count). The fraction of sp³-hybridized carbons (Fsp3) is 0.282. The number of hydrogen-bond acceptors (Lipinski definition) is 3. The van der Waals surface area contributed by atoms with Gasteiger partial charge < -0.3 is 14.0 Å². The third-order valence-corrected chi connectivity index (χ3v) is 18.5. The van der Waals surface area contributed by atoms with Crippen LogP contribution in [0.15, 0.2) is 146 Å². The Hall–Kier alpha value is -3.33. The molecule has 230 valence electrons. The molecule has 0 unspecified atom stereocenters. The van der Waals surface area contributed by atoms with E-state index in [0.29, 0.717) is 11.1 Å². The lowest BCUT2D eigenvalue weighted by Gasteiger charge is -2.44. The minimum atomic E-state index is -2.78. The summed E-state index contributed by atoms with van der Waals surface area (Å²) in [5, 5.41) is 15.9. The van der Waals surface area contributed by atoms with Crippen molar-refractivity contribution in [1.82, 2.24) is 0 Å². The number of hydrogen-bond donors (Lipinski definition) is 1. The minimum Gasteiger partial charge on any atom is -0.403 e. The van der Waals surface area contributed by atoms with Gasteiger partial charge in [-0.3, -0.25) is 0 Å².